The molecule has 1 saturated carbocycles. The van der Waals surface area contributed by atoms with Gasteiger partial charge in [-0.3, -0.25) is 9.69 Å². The average Bonchev–Trinajstić information content (AvgIpc) is 3.00. The molecule has 1 amide bonds. The highest BCUT2D eigenvalue weighted by atomic mass is 16.5. The van der Waals surface area contributed by atoms with Crippen LogP contribution in [0.15, 0.2) is 0 Å². The van der Waals surface area contributed by atoms with Crippen molar-refractivity contribution < 1.29 is 19.4 Å². The van der Waals surface area contributed by atoms with Crippen LogP contribution in [0.2, 0.25) is 0 Å². The summed E-state index contributed by atoms with van der Waals surface area (Å²) in [5, 5.41) is 11.5. The minimum Gasteiger partial charge on any atom is -0.480 e. The van der Waals surface area contributed by atoms with Gasteiger partial charge in [0, 0.05) is 13.1 Å². The Labute approximate surface area is 93.6 Å². The molecule has 0 spiro atoms. The van der Waals surface area contributed by atoms with E-state index in [4.69, 9.17) is 9.84 Å². The number of amides is 1. The Morgan fingerprint density at radius 3 is 2.44 bits per heavy atom. The van der Waals surface area contributed by atoms with Gasteiger partial charge in [0.25, 0.3) is 0 Å². The lowest BCUT2D eigenvalue weighted by Gasteiger charge is -2.26. The summed E-state index contributed by atoms with van der Waals surface area (Å²) in [5.41, 5.74) is -0.969. The fourth-order valence-electron chi connectivity index (χ4n) is 1.79. The van der Waals surface area contributed by atoms with E-state index in [2.05, 4.69) is 5.32 Å². The fourth-order valence-corrected chi connectivity index (χ4v) is 1.79. The van der Waals surface area contributed by atoms with Crippen LogP contribution in [-0.2, 0) is 14.3 Å². The van der Waals surface area contributed by atoms with Crippen LogP contribution in [0, 0.1) is 0 Å². The highest BCUT2D eigenvalue weighted by Gasteiger charge is 2.51. The molecule has 16 heavy (non-hydrogen) atoms. The maximum absolute atomic E-state index is 11.6. The normalized spacial score (nSPS) is 23.8. The lowest BCUT2D eigenvalue weighted by molar-refractivity contribution is -0.143. The first kappa shape index (κ1) is 11.3. The number of aliphatic carboxylic acids is 1. The zero-order valence-electron chi connectivity index (χ0n) is 9.07. The number of carbonyl (C=O) groups excluding carboxylic acids is 1. The van der Waals surface area contributed by atoms with E-state index in [0.717, 1.165) is 13.1 Å². The van der Waals surface area contributed by atoms with Gasteiger partial charge in [-0.25, -0.2) is 4.79 Å². The third-order valence-electron chi connectivity index (χ3n) is 3.01. The van der Waals surface area contributed by atoms with E-state index in [1.807, 2.05) is 4.90 Å². The van der Waals surface area contributed by atoms with E-state index in [9.17, 15) is 9.59 Å². The molecule has 1 aliphatic carbocycles. The molecule has 0 aromatic carbocycles. The van der Waals surface area contributed by atoms with Crippen molar-refractivity contribution in [1.82, 2.24) is 10.2 Å². The van der Waals surface area contributed by atoms with Gasteiger partial charge in [0.15, 0.2) is 0 Å². The number of carbonyl (C=O) groups is 2. The first-order valence-corrected chi connectivity index (χ1v) is 5.47. The number of carboxylic acid groups (broad SMARTS) is 1. The average molecular weight is 228 g/mol. The first-order valence-electron chi connectivity index (χ1n) is 5.47. The first-order chi connectivity index (χ1) is 7.62. The highest BCUT2D eigenvalue weighted by Crippen LogP contribution is 2.35. The zero-order valence-corrected chi connectivity index (χ0v) is 9.07. The Balaban J connectivity index is 1.78. The van der Waals surface area contributed by atoms with Gasteiger partial charge in [0.05, 0.1) is 19.8 Å². The summed E-state index contributed by atoms with van der Waals surface area (Å²) >= 11 is 0. The molecule has 0 radical (unpaired) electrons. The lowest BCUT2D eigenvalue weighted by Crippen LogP contribution is -2.49. The van der Waals surface area contributed by atoms with Crippen LogP contribution in [0.25, 0.3) is 0 Å². The number of carboxylic acids is 1. The predicted molar refractivity (Wildman–Crippen MR) is 55.0 cm³/mol. The van der Waals surface area contributed by atoms with E-state index in [1.165, 1.54) is 0 Å². The smallest absolute Gasteiger partial charge is 0.329 e. The van der Waals surface area contributed by atoms with Crippen LogP contribution in [0.3, 0.4) is 0 Å². The van der Waals surface area contributed by atoms with Crippen LogP contribution in [0.5, 0.6) is 0 Å². The Morgan fingerprint density at radius 2 is 1.94 bits per heavy atom. The van der Waals surface area contributed by atoms with E-state index in [-0.39, 0.29) is 12.5 Å². The van der Waals surface area contributed by atoms with Crippen molar-refractivity contribution in [3.8, 4) is 0 Å². The summed E-state index contributed by atoms with van der Waals surface area (Å²) in [6.07, 6.45) is 1.08. The van der Waals surface area contributed by atoms with Crippen LogP contribution >= 0.6 is 0 Å². The molecule has 0 unspecified atom stereocenters. The maximum Gasteiger partial charge on any atom is 0.329 e. The third-order valence-corrected chi connectivity index (χ3v) is 3.01. The number of nitrogens with one attached hydrogen (secondary N) is 1. The van der Waals surface area contributed by atoms with Crippen LogP contribution in [0.1, 0.15) is 12.8 Å². The summed E-state index contributed by atoms with van der Waals surface area (Å²) in [6.45, 7) is 2.99. The number of rotatable bonds is 4. The monoisotopic (exact) mass is 228 g/mol. The van der Waals surface area contributed by atoms with Gasteiger partial charge >= 0.3 is 5.97 Å². The van der Waals surface area contributed by atoms with Gasteiger partial charge in [-0.2, -0.15) is 0 Å². The molecule has 2 aliphatic rings. The van der Waals surface area contributed by atoms with Crippen molar-refractivity contribution in [3.05, 3.63) is 0 Å². The Hall–Kier alpha value is -1.14. The molecule has 1 aliphatic heterocycles. The number of hydrogen-bond acceptors (Lipinski definition) is 4. The Morgan fingerprint density at radius 1 is 1.31 bits per heavy atom. The van der Waals surface area contributed by atoms with Gasteiger partial charge in [-0.05, 0) is 12.8 Å². The molecular formula is C10H16N2O4. The molecule has 1 saturated heterocycles. The largest absolute Gasteiger partial charge is 0.480 e. The van der Waals surface area contributed by atoms with Crippen molar-refractivity contribution in [2.75, 3.05) is 32.8 Å². The molecule has 0 aromatic rings. The number of morpholine rings is 1. The minimum atomic E-state index is -0.969. The lowest BCUT2D eigenvalue weighted by atomic mass is 10.2. The van der Waals surface area contributed by atoms with E-state index in [1.54, 1.807) is 0 Å². The van der Waals surface area contributed by atoms with Gasteiger partial charge in [-0.1, -0.05) is 0 Å². The van der Waals surface area contributed by atoms with E-state index >= 15 is 0 Å². The number of hydrogen-bond donors (Lipinski definition) is 2. The summed E-state index contributed by atoms with van der Waals surface area (Å²) in [4.78, 5) is 24.4. The fraction of sp³-hybridized carbons (Fsp3) is 0.800. The van der Waals surface area contributed by atoms with Crippen molar-refractivity contribution in [3.63, 3.8) is 0 Å². The molecule has 1 heterocycles. The second-order valence-corrected chi connectivity index (χ2v) is 4.32. The van der Waals surface area contributed by atoms with E-state index < -0.39 is 11.5 Å². The van der Waals surface area contributed by atoms with Gasteiger partial charge in [0.1, 0.15) is 5.54 Å². The molecule has 2 N–H and O–H groups in total. The number of nitrogens with zero attached hydrogens (tertiary/aromatic N) is 1. The summed E-state index contributed by atoms with van der Waals surface area (Å²) in [5.74, 6) is -1.13. The molecule has 0 atom stereocenters. The quantitative estimate of drug-likeness (QED) is 0.648. The molecular weight excluding hydrogens is 212 g/mol. The van der Waals surface area contributed by atoms with Crippen LogP contribution < -0.4 is 5.32 Å². The Bertz CT molecular complexity index is 295. The molecule has 2 rings (SSSR count). The number of ether oxygens (including phenoxy) is 1. The molecule has 0 aromatic heterocycles. The molecule has 6 nitrogen and oxygen atoms in total. The minimum absolute atomic E-state index is 0.207. The van der Waals surface area contributed by atoms with E-state index in [0.29, 0.717) is 26.1 Å². The van der Waals surface area contributed by atoms with Gasteiger partial charge < -0.3 is 15.2 Å². The SMILES string of the molecule is O=C(CN1CCOCC1)NC1(C(=O)O)CC1. The standard InChI is InChI=1S/C10H16N2O4/c13-8(7-12-3-5-16-6-4-12)11-10(1-2-10)9(14)15/h1-7H2,(H,11,13)(H,14,15). The second-order valence-electron chi connectivity index (χ2n) is 4.32. The van der Waals surface area contributed by atoms with Crippen LogP contribution in [0.4, 0.5) is 0 Å². The Kier molecular flexibility index (Phi) is 3.11. The highest BCUT2D eigenvalue weighted by molar-refractivity contribution is 5.90. The maximum atomic E-state index is 11.6. The van der Waals surface area contributed by atoms with Gasteiger partial charge in [0.2, 0.25) is 5.91 Å². The second kappa shape index (κ2) is 4.39. The molecule has 2 fully saturated rings. The van der Waals surface area contributed by atoms with Crippen molar-refractivity contribution in [2.24, 2.45) is 0 Å². The predicted octanol–water partition coefficient (Wildman–Crippen LogP) is -0.948. The molecule has 90 valence electrons. The van der Waals surface area contributed by atoms with Gasteiger partial charge in [-0.15, -0.1) is 0 Å². The van der Waals surface area contributed by atoms with Crippen molar-refractivity contribution in [2.45, 2.75) is 18.4 Å². The molecule has 6 heteroatoms. The zero-order chi connectivity index (χ0) is 11.6. The summed E-state index contributed by atoms with van der Waals surface area (Å²) in [6, 6.07) is 0. The summed E-state index contributed by atoms with van der Waals surface area (Å²) in [7, 11) is 0. The topological polar surface area (TPSA) is 78.9 Å². The summed E-state index contributed by atoms with van der Waals surface area (Å²) < 4.78 is 5.17. The van der Waals surface area contributed by atoms with Crippen LogP contribution in [-0.4, -0.2) is 60.3 Å². The van der Waals surface area contributed by atoms with Crippen molar-refractivity contribution in [1.29, 1.82) is 0 Å². The van der Waals surface area contributed by atoms with Crippen molar-refractivity contribution >= 4 is 11.9 Å². The molecule has 0 bridgehead atoms. The third kappa shape index (κ3) is 2.51.